The average molecular weight is 430 g/mol. The molecule has 0 N–H and O–H groups in total. The number of halogens is 2. The molecule has 0 aliphatic carbocycles. The van der Waals surface area contributed by atoms with E-state index < -0.39 is 6.43 Å². The van der Waals surface area contributed by atoms with Gasteiger partial charge < -0.3 is 14.4 Å². The van der Waals surface area contributed by atoms with Gasteiger partial charge in [-0.15, -0.1) is 0 Å². The van der Waals surface area contributed by atoms with Crippen LogP contribution in [0.25, 0.3) is 0 Å². The zero-order valence-electron chi connectivity index (χ0n) is 17.8. The third-order valence-corrected chi connectivity index (χ3v) is 6.43. The number of amides is 1. The van der Waals surface area contributed by atoms with Crippen LogP contribution >= 0.6 is 0 Å². The van der Waals surface area contributed by atoms with E-state index in [0.29, 0.717) is 32.5 Å². The second-order valence-corrected chi connectivity index (χ2v) is 8.40. The van der Waals surface area contributed by atoms with Crippen LogP contribution in [0, 0.1) is 0 Å². The predicted molar refractivity (Wildman–Crippen MR) is 114 cm³/mol. The number of carbonyl (C=O) groups is 1. The van der Waals surface area contributed by atoms with E-state index in [4.69, 9.17) is 9.47 Å². The lowest BCUT2D eigenvalue weighted by Crippen LogP contribution is -2.52. The lowest BCUT2D eigenvalue weighted by atomic mass is 9.80. The summed E-state index contributed by atoms with van der Waals surface area (Å²) in [5.41, 5.74) is 0.655. The van der Waals surface area contributed by atoms with Crippen molar-refractivity contribution in [3.05, 3.63) is 71.3 Å². The number of likely N-dealkylation sites (tertiary alicyclic amines) is 1. The third kappa shape index (κ3) is 4.80. The van der Waals surface area contributed by atoms with Crippen molar-refractivity contribution in [1.82, 2.24) is 4.90 Å². The molecular formula is C25H29F2NO3. The second kappa shape index (κ2) is 9.45. The van der Waals surface area contributed by atoms with E-state index in [1.54, 1.807) is 11.0 Å². The standard InChI is InChI=1S/C25H29F2NO3/c1-2-30-19-16-22(18-8-4-3-5-9-18)31-25(17-19)12-14-28(15-13-25)24(29)21-11-7-6-10-20(21)23(26)27/h3-11,19,22-23H,2,12-17H2,1H3. The zero-order chi connectivity index (χ0) is 21.8. The molecule has 2 aliphatic rings. The molecule has 0 saturated carbocycles. The van der Waals surface area contributed by atoms with Gasteiger partial charge in [-0.25, -0.2) is 8.78 Å². The van der Waals surface area contributed by atoms with Crippen molar-refractivity contribution in [2.24, 2.45) is 0 Å². The number of benzene rings is 2. The van der Waals surface area contributed by atoms with Crippen LogP contribution in [-0.4, -0.2) is 42.2 Å². The molecule has 1 spiro atoms. The van der Waals surface area contributed by atoms with Crippen molar-refractivity contribution in [3.63, 3.8) is 0 Å². The first-order valence-electron chi connectivity index (χ1n) is 11.0. The number of hydrogen-bond donors (Lipinski definition) is 0. The summed E-state index contributed by atoms with van der Waals surface area (Å²) in [5.74, 6) is -0.331. The van der Waals surface area contributed by atoms with Gasteiger partial charge in [0.05, 0.1) is 17.8 Å². The fraction of sp³-hybridized carbons (Fsp3) is 0.480. The molecule has 31 heavy (non-hydrogen) atoms. The predicted octanol–water partition coefficient (Wildman–Crippen LogP) is 5.56. The van der Waals surface area contributed by atoms with Crippen molar-refractivity contribution < 1.29 is 23.0 Å². The minimum Gasteiger partial charge on any atom is -0.378 e. The monoisotopic (exact) mass is 429 g/mol. The molecule has 2 aromatic rings. The fourth-order valence-corrected chi connectivity index (χ4v) is 4.86. The number of alkyl halides is 2. The summed E-state index contributed by atoms with van der Waals surface area (Å²) in [6.45, 7) is 3.62. The second-order valence-electron chi connectivity index (χ2n) is 8.40. The number of nitrogens with zero attached hydrogens (tertiary/aromatic N) is 1. The first kappa shape index (κ1) is 21.9. The van der Waals surface area contributed by atoms with Gasteiger partial charge in [0, 0.05) is 43.7 Å². The van der Waals surface area contributed by atoms with Crippen molar-refractivity contribution in [1.29, 1.82) is 0 Å². The molecule has 2 atom stereocenters. The first-order chi connectivity index (χ1) is 15.0. The van der Waals surface area contributed by atoms with Gasteiger partial charge in [-0.1, -0.05) is 48.5 Å². The van der Waals surface area contributed by atoms with E-state index in [-0.39, 0.29) is 34.8 Å². The maximum atomic E-state index is 13.4. The van der Waals surface area contributed by atoms with Gasteiger partial charge in [0.2, 0.25) is 0 Å². The van der Waals surface area contributed by atoms with Crippen molar-refractivity contribution in [2.45, 2.75) is 56.8 Å². The SMILES string of the molecule is CCOC1CC(c2ccccc2)OC2(CCN(C(=O)c3ccccc3C(F)F)CC2)C1. The van der Waals surface area contributed by atoms with Crippen molar-refractivity contribution >= 4 is 5.91 Å². The maximum absolute atomic E-state index is 13.4. The Morgan fingerprint density at radius 2 is 1.81 bits per heavy atom. The highest BCUT2D eigenvalue weighted by atomic mass is 19.3. The van der Waals surface area contributed by atoms with E-state index in [0.717, 1.165) is 18.4 Å². The number of hydrogen-bond acceptors (Lipinski definition) is 3. The fourth-order valence-electron chi connectivity index (χ4n) is 4.86. The molecule has 4 nitrogen and oxygen atoms in total. The van der Waals surface area contributed by atoms with Crippen molar-refractivity contribution in [2.75, 3.05) is 19.7 Å². The Kier molecular flexibility index (Phi) is 6.68. The Hall–Kier alpha value is -2.31. The molecule has 4 rings (SSSR count). The van der Waals surface area contributed by atoms with Gasteiger partial charge >= 0.3 is 0 Å². The van der Waals surface area contributed by atoms with Gasteiger partial charge in [0.15, 0.2) is 0 Å². The minimum atomic E-state index is -2.67. The Bertz CT molecular complexity index is 881. The van der Waals surface area contributed by atoms with Gasteiger partial charge in [-0.05, 0) is 31.4 Å². The summed E-state index contributed by atoms with van der Waals surface area (Å²) < 4.78 is 39.4. The topological polar surface area (TPSA) is 38.8 Å². The van der Waals surface area contributed by atoms with Crippen LogP contribution in [0.3, 0.4) is 0 Å². The summed E-state index contributed by atoms with van der Waals surface area (Å²) in [4.78, 5) is 14.7. The number of ether oxygens (including phenoxy) is 2. The van der Waals surface area contributed by atoms with Crippen LogP contribution in [0.4, 0.5) is 8.78 Å². The number of piperidine rings is 1. The normalized spacial score (nSPS) is 23.3. The maximum Gasteiger partial charge on any atom is 0.264 e. The molecule has 2 unspecified atom stereocenters. The molecular weight excluding hydrogens is 400 g/mol. The molecule has 2 aromatic carbocycles. The van der Waals surface area contributed by atoms with Crippen LogP contribution in [0.2, 0.25) is 0 Å². The largest absolute Gasteiger partial charge is 0.378 e. The molecule has 2 saturated heterocycles. The van der Waals surface area contributed by atoms with Crippen LogP contribution in [0.15, 0.2) is 54.6 Å². The van der Waals surface area contributed by atoms with E-state index in [1.165, 1.54) is 18.2 Å². The quantitative estimate of drug-likeness (QED) is 0.625. The Morgan fingerprint density at radius 3 is 2.48 bits per heavy atom. The first-order valence-corrected chi connectivity index (χ1v) is 11.0. The van der Waals surface area contributed by atoms with Gasteiger partial charge in [-0.2, -0.15) is 0 Å². The molecule has 1 amide bonds. The molecule has 2 fully saturated rings. The summed E-state index contributed by atoms with van der Waals surface area (Å²) in [6, 6.07) is 16.1. The van der Waals surface area contributed by atoms with Crippen LogP contribution < -0.4 is 0 Å². The number of carbonyl (C=O) groups excluding carboxylic acids is 1. The van der Waals surface area contributed by atoms with Crippen LogP contribution in [-0.2, 0) is 9.47 Å². The molecule has 0 radical (unpaired) electrons. The van der Waals surface area contributed by atoms with E-state index >= 15 is 0 Å². The van der Waals surface area contributed by atoms with Crippen LogP contribution in [0.5, 0.6) is 0 Å². The Morgan fingerprint density at radius 1 is 1.13 bits per heavy atom. The average Bonchev–Trinajstić information content (AvgIpc) is 2.80. The summed E-state index contributed by atoms with van der Waals surface area (Å²) in [5, 5.41) is 0. The van der Waals surface area contributed by atoms with Gasteiger partial charge in [0.25, 0.3) is 12.3 Å². The van der Waals surface area contributed by atoms with E-state index in [2.05, 4.69) is 12.1 Å². The van der Waals surface area contributed by atoms with E-state index in [9.17, 15) is 13.6 Å². The number of rotatable bonds is 5. The molecule has 6 heteroatoms. The molecule has 2 aliphatic heterocycles. The van der Waals surface area contributed by atoms with Crippen molar-refractivity contribution in [3.8, 4) is 0 Å². The minimum absolute atomic E-state index is 0.0479. The third-order valence-electron chi connectivity index (χ3n) is 6.43. The Balaban J connectivity index is 1.48. The highest BCUT2D eigenvalue weighted by Gasteiger charge is 2.45. The molecule has 2 heterocycles. The van der Waals surface area contributed by atoms with Gasteiger partial charge in [-0.3, -0.25) is 4.79 Å². The summed E-state index contributed by atoms with van der Waals surface area (Å²) in [7, 11) is 0. The molecule has 0 bridgehead atoms. The van der Waals surface area contributed by atoms with Gasteiger partial charge in [0.1, 0.15) is 0 Å². The summed E-state index contributed by atoms with van der Waals surface area (Å²) in [6.07, 6.45) is 0.324. The highest BCUT2D eigenvalue weighted by Crippen LogP contribution is 2.44. The molecule has 166 valence electrons. The van der Waals surface area contributed by atoms with E-state index in [1.807, 2.05) is 25.1 Å². The zero-order valence-corrected chi connectivity index (χ0v) is 17.8. The van der Waals surface area contributed by atoms with Crippen LogP contribution in [0.1, 0.15) is 66.6 Å². The lowest BCUT2D eigenvalue weighted by molar-refractivity contribution is -0.190. The smallest absolute Gasteiger partial charge is 0.264 e. The molecule has 0 aromatic heterocycles. The Labute approximate surface area is 182 Å². The summed E-state index contributed by atoms with van der Waals surface area (Å²) >= 11 is 0. The lowest BCUT2D eigenvalue weighted by Gasteiger charge is -2.49. The highest BCUT2D eigenvalue weighted by molar-refractivity contribution is 5.95.